The van der Waals surface area contributed by atoms with Gasteiger partial charge in [-0.2, -0.15) is 4.98 Å². The molecule has 1 N–H and O–H groups in total. The van der Waals surface area contributed by atoms with E-state index in [1.54, 1.807) is 0 Å². The van der Waals surface area contributed by atoms with Crippen LogP contribution in [0.3, 0.4) is 0 Å². The molecule has 3 rings (SSSR count). The molecule has 0 bridgehead atoms. The van der Waals surface area contributed by atoms with Gasteiger partial charge in [-0.3, -0.25) is 0 Å². The molecule has 90 valence electrons. The van der Waals surface area contributed by atoms with Gasteiger partial charge in [0.25, 0.3) is 0 Å². The number of nitrogens with one attached hydrogen (secondary N) is 1. The Labute approximate surface area is 99.8 Å². The van der Waals surface area contributed by atoms with Crippen LogP contribution in [0.5, 0.6) is 0 Å². The van der Waals surface area contributed by atoms with Crippen LogP contribution in [0.1, 0.15) is 31.2 Å². The highest BCUT2D eigenvalue weighted by molar-refractivity contribution is 5.49. The van der Waals surface area contributed by atoms with Crippen LogP contribution in [0.15, 0.2) is 22.9 Å². The van der Waals surface area contributed by atoms with Crippen molar-refractivity contribution < 1.29 is 4.52 Å². The SMILES string of the molecule is Cn1cccc1-c1noc(C2CCCCN2)n1. The van der Waals surface area contributed by atoms with Crippen molar-refractivity contribution in [2.24, 2.45) is 7.05 Å². The lowest BCUT2D eigenvalue weighted by molar-refractivity contribution is 0.297. The van der Waals surface area contributed by atoms with Crippen LogP contribution < -0.4 is 5.32 Å². The molecule has 0 spiro atoms. The van der Waals surface area contributed by atoms with E-state index < -0.39 is 0 Å². The summed E-state index contributed by atoms with van der Waals surface area (Å²) < 4.78 is 7.33. The highest BCUT2D eigenvalue weighted by Gasteiger charge is 2.21. The molecule has 2 aromatic rings. The molecule has 1 aliphatic rings. The zero-order valence-electron chi connectivity index (χ0n) is 9.89. The number of hydrogen-bond donors (Lipinski definition) is 1. The lowest BCUT2D eigenvalue weighted by Gasteiger charge is -2.19. The van der Waals surface area contributed by atoms with Gasteiger partial charge < -0.3 is 14.4 Å². The minimum Gasteiger partial charge on any atom is -0.348 e. The van der Waals surface area contributed by atoms with Crippen LogP contribution in [0.25, 0.3) is 11.5 Å². The minimum absolute atomic E-state index is 0.227. The van der Waals surface area contributed by atoms with Crippen LogP contribution >= 0.6 is 0 Å². The maximum Gasteiger partial charge on any atom is 0.244 e. The first kappa shape index (κ1) is 10.5. The minimum atomic E-state index is 0.227. The second-order valence-electron chi connectivity index (χ2n) is 4.46. The fourth-order valence-corrected chi connectivity index (χ4v) is 2.24. The standard InChI is InChI=1S/C12H16N4O/c1-16-8-4-6-10(16)11-14-12(17-15-11)9-5-2-3-7-13-9/h4,6,8-9,13H,2-3,5,7H2,1H3. The summed E-state index contributed by atoms with van der Waals surface area (Å²) in [5, 5.41) is 7.45. The second-order valence-corrected chi connectivity index (χ2v) is 4.46. The molecule has 1 saturated heterocycles. The van der Waals surface area contributed by atoms with Crippen molar-refractivity contribution >= 4 is 0 Å². The van der Waals surface area contributed by atoms with Crippen molar-refractivity contribution in [2.45, 2.75) is 25.3 Å². The molecule has 5 nitrogen and oxygen atoms in total. The summed E-state index contributed by atoms with van der Waals surface area (Å²) in [7, 11) is 1.98. The smallest absolute Gasteiger partial charge is 0.244 e. The van der Waals surface area contributed by atoms with Gasteiger partial charge in [0.15, 0.2) is 0 Å². The van der Waals surface area contributed by atoms with Gasteiger partial charge in [0.05, 0.1) is 11.7 Å². The van der Waals surface area contributed by atoms with Crippen molar-refractivity contribution in [3.63, 3.8) is 0 Å². The summed E-state index contributed by atoms with van der Waals surface area (Å²) in [6.07, 6.45) is 5.51. The molecule has 0 aliphatic carbocycles. The molecule has 5 heteroatoms. The first-order valence-corrected chi connectivity index (χ1v) is 6.03. The van der Waals surface area contributed by atoms with Gasteiger partial charge in [0.1, 0.15) is 0 Å². The average Bonchev–Trinajstić information content (AvgIpc) is 2.98. The number of aromatic nitrogens is 3. The summed E-state index contributed by atoms with van der Waals surface area (Å²) >= 11 is 0. The number of hydrogen-bond acceptors (Lipinski definition) is 4. The highest BCUT2D eigenvalue weighted by atomic mass is 16.5. The maximum atomic E-state index is 5.35. The van der Waals surface area contributed by atoms with Crippen LogP contribution in [0, 0.1) is 0 Å². The predicted molar refractivity (Wildman–Crippen MR) is 63.3 cm³/mol. The van der Waals surface area contributed by atoms with Crippen LogP contribution in [-0.4, -0.2) is 21.3 Å². The summed E-state index contributed by atoms with van der Waals surface area (Å²) in [4.78, 5) is 4.48. The third-order valence-corrected chi connectivity index (χ3v) is 3.22. The molecule has 1 atom stereocenters. The summed E-state index contributed by atoms with van der Waals surface area (Å²) in [6.45, 7) is 1.03. The lowest BCUT2D eigenvalue weighted by atomic mass is 10.1. The Balaban J connectivity index is 1.85. The maximum absolute atomic E-state index is 5.35. The third kappa shape index (κ3) is 1.98. The molecule has 17 heavy (non-hydrogen) atoms. The molecule has 1 fully saturated rings. The molecular formula is C12H16N4O. The molecule has 1 unspecified atom stereocenters. The van der Waals surface area contributed by atoms with Gasteiger partial charge in [0, 0.05) is 13.2 Å². The zero-order chi connectivity index (χ0) is 11.7. The van der Waals surface area contributed by atoms with E-state index >= 15 is 0 Å². The van der Waals surface area contributed by atoms with E-state index in [1.165, 1.54) is 12.8 Å². The van der Waals surface area contributed by atoms with Gasteiger partial charge in [-0.05, 0) is 31.5 Å². The Hall–Kier alpha value is -1.62. The molecular weight excluding hydrogens is 216 g/mol. The predicted octanol–water partition coefficient (Wildman–Crippen LogP) is 1.89. The van der Waals surface area contributed by atoms with Crippen LogP contribution in [0.4, 0.5) is 0 Å². The molecule has 0 aromatic carbocycles. The second kappa shape index (κ2) is 4.33. The third-order valence-electron chi connectivity index (χ3n) is 3.22. The normalized spacial score (nSPS) is 20.6. The average molecular weight is 232 g/mol. The molecule has 0 amide bonds. The van der Waals surface area contributed by atoms with Crippen molar-refractivity contribution in [3.05, 3.63) is 24.2 Å². The number of rotatable bonds is 2. The van der Waals surface area contributed by atoms with E-state index in [4.69, 9.17) is 4.52 Å². The quantitative estimate of drug-likeness (QED) is 0.859. The Bertz CT molecular complexity index is 496. The topological polar surface area (TPSA) is 55.9 Å². The largest absolute Gasteiger partial charge is 0.348 e. The molecule has 3 heterocycles. The van der Waals surface area contributed by atoms with E-state index in [2.05, 4.69) is 15.5 Å². The van der Waals surface area contributed by atoms with Gasteiger partial charge in [-0.15, -0.1) is 0 Å². The fourth-order valence-electron chi connectivity index (χ4n) is 2.24. The lowest BCUT2D eigenvalue weighted by Crippen LogP contribution is -2.26. The monoisotopic (exact) mass is 232 g/mol. The van der Waals surface area contributed by atoms with Crippen LogP contribution in [-0.2, 0) is 7.05 Å². The van der Waals surface area contributed by atoms with Crippen molar-refractivity contribution in [3.8, 4) is 11.5 Å². The van der Waals surface area contributed by atoms with Crippen molar-refractivity contribution in [2.75, 3.05) is 6.54 Å². The van der Waals surface area contributed by atoms with Crippen molar-refractivity contribution in [1.29, 1.82) is 0 Å². The molecule has 1 aliphatic heterocycles. The van der Waals surface area contributed by atoms with Crippen LogP contribution in [0.2, 0.25) is 0 Å². The van der Waals surface area contributed by atoms with E-state index in [9.17, 15) is 0 Å². The number of aryl methyl sites for hydroxylation is 1. The Morgan fingerprint density at radius 2 is 2.41 bits per heavy atom. The van der Waals surface area contributed by atoms with Gasteiger partial charge in [-0.25, -0.2) is 0 Å². The Morgan fingerprint density at radius 3 is 3.12 bits per heavy atom. The summed E-state index contributed by atoms with van der Waals surface area (Å²) in [6, 6.07) is 4.19. The molecule has 0 saturated carbocycles. The molecule has 2 aromatic heterocycles. The van der Waals surface area contributed by atoms with Gasteiger partial charge >= 0.3 is 0 Å². The van der Waals surface area contributed by atoms with Gasteiger partial charge in [-0.1, -0.05) is 11.6 Å². The first-order valence-electron chi connectivity index (χ1n) is 6.03. The van der Waals surface area contributed by atoms with E-state index in [-0.39, 0.29) is 6.04 Å². The Morgan fingerprint density at radius 1 is 1.47 bits per heavy atom. The highest BCUT2D eigenvalue weighted by Crippen LogP contribution is 2.24. The summed E-state index contributed by atoms with van der Waals surface area (Å²) in [5.74, 6) is 1.38. The van der Waals surface area contributed by atoms with E-state index in [1.807, 2.05) is 29.9 Å². The zero-order valence-corrected chi connectivity index (χ0v) is 9.89. The number of nitrogens with zero attached hydrogens (tertiary/aromatic N) is 3. The first-order chi connectivity index (χ1) is 8.34. The van der Waals surface area contributed by atoms with E-state index in [0.717, 1.165) is 18.7 Å². The van der Waals surface area contributed by atoms with Gasteiger partial charge in [0.2, 0.25) is 11.7 Å². The van der Waals surface area contributed by atoms with Crippen molar-refractivity contribution in [1.82, 2.24) is 20.0 Å². The summed E-state index contributed by atoms with van der Waals surface area (Å²) in [5.41, 5.74) is 0.982. The molecule has 0 radical (unpaired) electrons. The fraction of sp³-hybridized carbons (Fsp3) is 0.500. The van der Waals surface area contributed by atoms with E-state index in [0.29, 0.717) is 11.7 Å². The Kier molecular flexibility index (Phi) is 2.68. The number of piperidine rings is 1.